The maximum Gasteiger partial charge on any atom is 0.284 e. The monoisotopic (exact) mass is 268 g/mol. The molecule has 0 heterocycles. The number of nitrogens with one attached hydrogen (secondary N) is 1. The van der Waals surface area contributed by atoms with Gasteiger partial charge in [-0.1, -0.05) is 0 Å². The zero-order valence-electron chi connectivity index (χ0n) is 9.72. The van der Waals surface area contributed by atoms with Gasteiger partial charge in [0.1, 0.15) is 6.10 Å². The quantitative estimate of drug-likeness (QED) is 0.271. The number of non-ortho nitro benzene ring substituents is 1. The van der Waals surface area contributed by atoms with Crippen molar-refractivity contribution in [2.24, 2.45) is 0 Å². The largest absolute Gasteiger partial charge is 0.394 e. The van der Waals surface area contributed by atoms with Crippen LogP contribution in [0.3, 0.4) is 0 Å². The molecule has 0 aromatic heterocycles. The highest BCUT2D eigenvalue weighted by Gasteiger charge is 2.22. The molecular weight excluding hydrogens is 256 g/mol. The Kier molecular flexibility index (Phi) is 5.10. The van der Waals surface area contributed by atoms with Gasteiger partial charge < -0.3 is 15.5 Å². The predicted octanol–water partition coefficient (Wildman–Crippen LogP) is -0.696. The highest BCUT2D eigenvalue weighted by atomic mass is 16.6. The number of aliphatic hydroxyl groups is 2. The first-order valence-electron chi connectivity index (χ1n) is 5.28. The smallest absolute Gasteiger partial charge is 0.284 e. The molecule has 0 aliphatic heterocycles. The Bertz CT molecular complexity index is 473. The summed E-state index contributed by atoms with van der Waals surface area (Å²) in [5.41, 5.74) is 0.129. The summed E-state index contributed by atoms with van der Waals surface area (Å²) in [7, 11) is 0. The van der Waals surface area contributed by atoms with E-state index >= 15 is 0 Å². The summed E-state index contributed by atoms with van der Waals surface area (Å²) >= 11 is 0. The number of nitro groups is 1. The molecule has 0 spiro atoms. The van der Waals surface area contributed by atoms with E-state index in [4.69, 9.17) is 5.11 Å². The Morgan fingerprint density at radius 1 is 1.42 bits per heavy atom. The number of carbonyl (C=O) groups excluding carboxylic acids is 2. The molecule has 0 fully saturated rings. The average Bonchev–Trinajstić information content (AvgIpc) is 2.43. The summed E-state index contributed by atoms with van der Waals surface area (Å²) in [5, 5.41) is 31.5. The molecular formula is C11H12N2O6. The van der Waals surface area contributed by atoms with Gasteiger partial charge >= 0.3 is 0 Å². The summed E-state index contributed by atoms with van der Waals surface area (Å²) < 4.78 is 0. The van der Waals surface area contributed by atoms with Gasteiger partial charge in [0.2, 0.25) is 6.29 Å². The van der Waals surface area contributed by atoms with Crippen LogP contribution < -0.4 is 5.32 Å². The van der Waals surface area contributed by atoms with Gasteiger partial charge in [0.05, 0.1) is 17.6 Å². The van der Waals surface area contributed by atoms with Crippen LogP contribution in [0.5, 0.6) is 0 Å². The number of aliphatic hydroxyl groups excluding tert-OH is 2. The highest BCUT2D eigenvalue weighted by Crippen LogP contribution is 2.20. The Balaban J connectivity index is 2.84. The number of hydrogen-bond donors (Lipinski definition) is 3. The van der Waals surface area contributed by atoms with E-state index in [9.17, 15) is 24.8 Å². The lowest BCUT2D eigenvalue weighted by Crippen LogP contribution is -2.42. The van der Waals surface area contributed by atoms with Gasteiger partial charge in [-0.05, 0) is 17.7 Å². The van der Waals surface area contributed by atoms with Crippen molar-refractivity contribution in [3.8, 4) is 0 Å². The third kappa shape index (κ3) is 3.83. The maximum atomic E-state index is 10.9. The van der Waals surface area contributed by atoms with Gasteiger partial charge in [-0.3, -0.25) is 19.7 Å². The normalized spacial score (nSPS) is 13.4. The second-order valence-corrected chi connectivity index (χ2v) is 3.71. The zero-order valence-corrected chi connectivity index (χ0v) is 9.72. The molecule has 2 unspecified atom stereocenters. The van der Waals surface area contributed by atoms with Crippen LogP contribution >= 0.6 is 0 Å². The number of benzene rings is 1. The number of nitro benzene ring substituents is 1. The first-order valence-corrected chi connectivity index (χ1v) is 5.28. The fraction of sp³-hybridized carbons (Fsp3) is 0.273. The van der Waals surface area contributed by atoms with Crippen LogP contribution in [0, 0.1) is 10.1 Å². The second-order valence-electron chi connectivity index (χ2n) is 3.71. The highest BCUT2D eigenvalue weighted by molar-refractivity contribution is 6.23. The number of carbonyl (C=O) groups is 2. The summed E-state index contributed by atoms with van der Waals surface area (Å²) in [6, 6.07) is 3.92. The lowest BCUT2D eigenvalue weighted by molar-refractivity contribution is -0.384. The van der Waals surface area contributed by atoms with E-state index < -0.39 is 29.6 Å². The Morgan fingerprint density at radius 3 is 2.42 bits per heavy atom. The van der Waals surface area contributed by atoms with Gasteiger partial charge in [0.25, 0.3) is 11.6 Å². The van der Waals surface area contributed by atoms with Crippen molar-refractivity contribution in [1.29, 1.82) is 0 Å². The molecule has 1 aromatic rings. The molecule has 102 valence electrons. The Morgan fingerprint density at radius 2 is 2.00 bits per heavy atom. The lowest BCUT2D eigenvalue weighted by Gasteiger charge is -2.21. The van der Waals surface area contributed by atoms with E-state index in [-0.39, 0.29) is 17.5 Å². The first kappa shape index (κ1) is 14.7. The molecule has 3 N–H and O–H groups in total. The molecule has 0 radical (unpaired) electrons. The fourth-order valence-corrected chi connectivity index (χ4v) is 1.47. The van der Waals surface area contributed by atoms with E-state index in [1.165, 1.54) is 24.3 Å². The molecule has 19 heavy (non-hydrogen) atoms. The summed E-state index contributed by atoms with van der Waals surface area (Å²) in [5.74, 6) is -0.972. The van der Waals surface area contributed by atoms with Crippen molar-refractivity contribution in [3.63, 3.8) is 0 Å². The van der Waals surface area contributed by atoms with Crippen molar-refractivity contribution in [2.45, 2.75) is 12.1 Å². The van der Waals surface area contributed by atoms with Crippen LogP contribution in [0.4, 0.5) is 5.69 Å². The molecule has 0 saturated heterocycles. The molecule has 0 aliphatic carbocycles. The molecule has 8 heteroatoms. The van der Waals surface area contributed by atoms with Crippen LogP contribution in [0.15, 0.2) is 24.3 Å². The van der Waals surface area contributed by atoms with Gasteiger partial charge in [-0.15, -0.1) is 0 Å². The first-order chi connectivity index (χ1) is 8.99. The summed E-state index contributed by atoms with van der Waals surface area (Å²) in [6.07, 6.45) is -1.26. The molecule has 1 amide bonds. The number of amides is 1. The number of rotatable bonds is 6. The molecule has 2 atom stereocenters. The summed E-state index contributed by atoms with van der Waals surface area (Å²) in [4.78, 5) is 30.9. The van der Waals surface area contributed by atoms with Crippen LogP contribution in [0.2, 0.25) is 0 Å². The standard InChI is InChI=1S/C11H12N2O6/c14-5-9(12-10(16)6-15)11(17)7-1-3-8(4-2-7)13(18)19/h1-4,6,9,11,14,17H,5H2,(H,12,16). The van der Waals surface area contributed by atoms with Crippen LogP contribution in [-0.2, 0) is 9.59 Å². The number of nitrogens with zero attached hydrogens (tertiary/aromatic N) is 1. The third-order valence-corrected chi connectivity index (χ3v) is 2.46. The van der Waals surface area contributed by atoms with Crippen molar-refractivity contribution < 1.29 is 24.7 Å². The molecule has 0 bridgehead atoms. The van der Waals surface area contributed by atoms with E-state index in [1.807, 2.05) is 0 Å². The van der Waals surface area contributed by atoms with Gasteiger partial charge in [0.15, 0.2) is 0 Å². The minimum atomic E-state index is -1.28. The third-order valence-electron chi connectivity index (χ3n) is 2.46. The lowest BCUT2D eigenvalue weighted by atomic mass is 10.0. The topological polar surface area (TPSA) is 130 Å². The Hall–Kier alpha value is -2.32. The predicted molar refractivity (Wildman–Crippen MR) is 63.1 cm³/mol. The van der Waals surface area contributed by atoms with Crippen LogP contribution in [-0.4, -0.2) is 40.0 Å². The van der Waals surface area contributed by atoms with E-state index in [0.29, 0.717) is 0 Å². The van der Waals surface area contributed by atoms with Gasteiger partial charge in [-0.2, -0.15) is 0 Å². The van der Waals surface area contributed by atoms with E-state index in [2.05, 4.69) is 5.32 Å². The molecule has 1 aromatic carbocycles. The van der Waals surface area contributed by atoms with E-state index in [0.717, 1.165) is 0 Å². The zero-order chi connectivity index (χ0) is 14.4. The van der Waals surface area contributed by atoms with Crippen molar-refractivity contribution in [3.05, 3.63) is 39.9 Å². The molecule has 0 aliphatic rings. The van der Waals surface area contributed by atoms with Crippen molar-refractivity contribution >= 4 is 17.9 Å². The number of aldehydes is 1. The second kappa shape index (κ2) is 6.57. The molecule has 8 nitrogen and oxygen atoms in total. The van der Waals surface area contributed by atoms with E-state index in [1.54, 1.807) is 0 Å². The average molecular weight is 268 g/mol. The van der Waals surface area contributed by atoms with Crippen molar-refractivity contribution in [2.75, 3.05) is 6.61 Å². The minimum absolute atomic E-state index is 0.0191. The van der Waals surface area contributed by atoms with Crippen LogP contribution in [0.1, 0.15) is 11.7 Å². The SMILES string of the molecule is O=CC(=O)NC(CO)C(O)c1ccc([N+](=O)[O-])cc1. The summed E-state index contributed by atoms with van der Waals surface area (Å²) in [6.45, 7) is -0.586. The molecule has 0 saturated carbocycles. The van der Waals surface area contributed by atoms with Crippen LogP contribution in [0.25, 0.3) is 0 Å². The number of hydrogen-bond acceptors (Lipinski definition) is 6. The van der Waals surface area contributed by atoms with Gasteiger partial charge in [-0.25, -0.2) is 0 Å². The molecule has 1 rings (SSSR count). The fourth-order valence-electron chi connectivity index (χ4n) is 1.47. The minimum Gasteiger partial charge on any atom is -0.394 e. The van der Waals surface area contributed by atoms with Crippen molar-refractivity contribution in [1.82, 2.24) is 5.32 Å². The van der Waals surface area contributed by atoms with Gasteiger partial charge in [0, 0.05) is 12.1 Å². The Labute approximate surface area is 107 Å². The maximum absolute atomic E-state index is 10.9.